The van der Waals surface area contributed by atoms with Gasteiger partial charge in [-0.15, -0.1) is 0 Å². The number of benzene rings is 1. The number of urea groups is 1. The fraction of sp³-hybridized carbons (Fsp3) is 0.562. The molecule has 1 heterocycles. The van der Waals surface area contributed by atoms with E-state index in [2.05, 4.69) is 10.8 Å². The minimum atomic E-state index is -4.63. The molecule has 0 unspecified atom stereocenters. The van der Waals surface area contributed by atoms with Crippen LogP contribution in [0.5, 0.6) is 0 Å². The smallest absolute Gasteiger partial charge is 0.336 e. The van der Waals surface area contributed by atoms with Crippen LogP contribution in [0.15, 0.2) is 29.2 Å². The average molecular weight is 409 g/mol. The van der Waals surface area contributed by atoms with Crippen molar-refractivity contribution in [3.05, 3.63) is 29.8 Å². The van der Waals surface area contributed by atoms with E-state index in [-0.39, 0.29) is 13.1 Å². The molecular weight excluding hydrogens is 387 g/mol. The number of alkyl halides is 3. The molecule has 2 amide bonds. The number of unbranched alkanes of at least 4 members (excludes halogenated alkanes) is 1. The molecule has 1 aliphatic heterocycles. The fourth-order valence-electron chi connectivity index (χ4n) is 2.55. The minimum absolute atomic E-state index is 0.0617. The maximum Gasteiger partial charge on any atom is 0.416 e. The van der Waals surface area contributed by atoms with Crippen molar-refractivity contribution in [2.24, 2.45) is 0 Å². The van der Waals surface area contributed by atoms with E-state index >= 15 is 0 Å². The van der Waals surface area contributed by atoms with Gasteiger partial charge in [-0.25, -0.2) is 18.7 Å². The summed E-state index contributed by atoms with van der Waals surface area (Å²) < 4.78 is 64.6. The van der Waals surface area contributed by atoms with Crippen LogP contribution in [0.3, 0.4) is 0 Å². The molecule has 1 aromatic rings. The van der Waals surface area contributed by atoms with Crippen molar-refractivity contribution in [2.75, 3.05) is 19.6 Å². The van der Waals surface area contributed by atoms with Crippen LogP contribution in [0.4, 0.5) is 18.0 Å². The Hall–Kier alpha value is -1.85. The topological polar surface area (TPSA) is 87.7 Å². The molecule has 152 valence electrons. The highest BCUT2D eigenvalue weighted by atomic mass is 32.2. The number of rotatable bonds is 7. The molecule has 27 heavy (non-hydrogen) atoms. The van der Waals surface area contributed by atoms with E-state index in [4.69, 9.17) is 4.84 Å². The minimum Gasteiger partial charge on any atom is -0.336 e. The summed E-state index contributed by atoms with van der Waals surface area (Å²) in [5.74, 6) is 0. The van der Waals surface area contributed by atoms with Gasteiger partial charge in [0.2, 0.25) is 10.0 Å². The highest BCUT2D eigenvalue weighted by molar-refractivity contribution is 7.89. The second kappa shape index (κ2) is 8.89. The Morgan fingerprint density at radius 3 is 2.78 bits per heavy atom. The van der Waals surface area contributed by atoms with Gasteiger partial charge < -0.3 is 5.32 Å². The van der Waals surface area contributed by atoms with E-state index in [9.17, 15) is 26.4 Å². The Balaban J connectivity index is 1.95. The highest BCUT2D eigenvalue weighted by Gasteiger charge is 2.36. The molecule has 0 saturated carbocycles. The molecule has 0 spiro atoms. The maximum atomic E-state index is 12.8. The molecule has 0 aliphatic carbocycles. The Morgan fingerprint density at radius 2 is 2.11 bits per heavy atom. The first-order valence-corrected chi connectivity index (χ1v) is 9.95. The number of hydrogen-bond acceptors (Lipinski definition) is 4. The van der Waals surface area contributed by atoms with Crippen LogP contribution in [0.25, 0.3) is 0 Å². The summed E-state index contributed by atoms with van der Waals surface area (Å²) in [5.41, 5.74) is 1.18. The molecule has 11 heteroatoms. The number of halogens is 3. The van der Waals surface area contributed by atoms with Crippen molar-refractivity contribution in [1.29, 1.82) is 0 Å². The molecule has 0 radical (unpaired) electrons. The number of sulfonamides is 1. The van der Waals surface area contributed by atoms with Crippen LogP contribution in [-0.4, -0.2) is 44.5 Å². The second-order valence-electron chi connectivity index (χ2n) is 6.13. The van der Waals surface area contributed by atoms with E-state index in [1.807, 2.05) is 6.92 Å². The van der Waals surface area contributed by atoms with Gasteiger partial charge in [0.25, 0.3) is 0 Å². The first-order chi connectivity index (χ1) is 12.6. The number of amides is 2. The van der Waals surface area contributed by atoms with Crippen molar-refractivity contribution in [3.63, 3.8) is 0 Å². The lowest BCUT2D eigenvalue weighted by molar-refractivity contribution is -0.137. The van der Waals surface area contributed by atoms with Gasteiger partial charge in [0.1, 0.15) is 6.10 Å². The third kappa shape index (κ3) is 5.81. The van der Waals surface area contributed by atoms with Crippen molar-refractivity contribution in [3.8, 4) is 0 Å². The fourth-order valence-corrected chi connectivity index (χ4v) is 4.08. The Bertz CT molecular complexity index is 756. The Kier molecular flexibility index (Phi) is 7.06. The van der Waals surface area contributed by atoms with Gasteiger partial charge in [-0.05, 0) is 31.0 Å². The molecule has 1 aliphatic rings. The van der Waals surface area contributed by atoms with Crippen molar-refractivity contribution in [2.45, 2.75) is 43.4 Å². The normalized spacial score (nSPS) is 18.4. The first-order valence-electron chi connectivity index (χ1n) is 8.51. The van der Waals surface area contributed by atoms with Crippen LogP contribution in [0.1, 0.15) is 31.7 Å². The van der Waals surface area contributed by atoms with E-state index in [1.165, 1.54) is 0 Å². The highest BCUT2D eigenvalue weighted by Crippen LogP contribution is 2.31. The molecule has 7 nitrogen and oxygen atoms in total. The maximum absolute atomic E-state index is 12.8. The summed E-state index contributed by atoms with van der Waals surface area (Å²) in [6, 6.07) is 3.08. The molecule has 1 atom stereocenters. The van der Waals surface area contributed by atoms with Crippen molar-refractivity contribution in [1.82, 2.24) is 15.1 Å². The van der Waals surface area contributed by atoms with Crippen molar-refractivity contribution >= 4 is 16.1 Å². The van der Waals surface area contributed by atoms with Gasteiger partial charge in [0, 0.05) is 19.6 Å². The van der Waals surface area contributed by atoms with Crippen molar-refractivity contribution < 1.29 is 31.2 Å². The summed E-state index contributed by atoms with van der Waals surface area (Å²) in [6.07, 6.45) is -3.15. The zero-order valence-corrected chi connectivity index (χ0v) is 15.6. The summed E-state index contributed by atoms with van der Waals surface area (Å²) in [5, 5.41) is 2.58. The predicted octanol–water partition coefficient (Wildman–Crippen LogP) is 2.50. The number of hydrogen-bond donors (Lipinski definition) is 2. The van der Waals surface area contributed by atoms with E-state index < -0.39 is 38.8 Å². The predicted molar refractivity (Wildman–Crippen MR) is 91.1 cm³/mol. The molecule has 1 fully saturated rings. The van der Waals surface area contributed by atoms with E-state index in [0.29, 0.717) is 19.0 Å². The lowest BCUT2D eigenvalue weighted by Crippen LogP contribution is -2.39. The number of carbonyl (C=O) groups excluding carboxylic acids is 1. The molecule has 2 N–H and O–H groups in total. The van der Waals surface area contributed by atoms with Crippen LogP contribution in [-0.2, 0) is 21.0 Å². The summed E-state index contributed by atoms with van der Waals surface area (Å²) in [6.45, 7) is 2.50. The third-order valence-corrected chi connectivity index (χ3v) is 5.90. The molecule has 2 rings (SSSR count). The third-order valence-electron chi connectivity index (χ3n) is 4.04. The second-order valence-corrected chi connectivity index (χ2v) is 8.07. The SMILES string of the molecule is CCCCNC(=O)NO[C@H]1CCN(S(=O)(=O)c2cccc(C(F)(F)F)c2)C1. The van der Waals surface area contributed by atoms with E-state index in [1.54, 1.807) is 0 Å². The monoisotopic (exact) mass is 409 g/mol. The van der Waals surface area contributed by atoms with E-state index in [0.717, 1.165) is 35.3 Å². The molecular formula is C16H22F3N3O4S. The summed E-state index contributed by atoms with van der Waals surface area (Å²) in [4.78, 5) is 16.3. The zero-order valence-electron chi connectivity index (χ0n) is 14.8. The van der Waals surface area contributed by atoms with Gasteiger partial charge in [0.15, 0.2) is 0 Å². The van der Waals surface area contributed by atoms with Crippen LogP contribution >= 0.6 is 0 Å². The molecule has 0 aromatic heterocycles. The summed E-state index contributed by atoms with van der Waals surface area (Å²) in [7, 11) is -4.09. The van der Waals surface area contributed by atoms with Gasteiger partial charge in [-0.2, -0.15) is 17.5 Å². The average Bonchev–Trinajstić information content (AvgIpc) is 3.09. The molecule has 1 saturated heterocycles. The molecule has 0 bridgehead atoms. The number of hydroxylamine groups is 1. The Labute approximate surface area is 155 Å². The van der Waals surface area contributed by atoms with Gasteiger partial charge in [-0.3, -0.25) is 4.84 Å². The largest absolute Gasteiger partial charge is 0.416 e. The quantitative estimate of drug-likeness (QED) is 0.535. The lowest BCUT2D eigenvalue weighted by Gasteiger charge is -2.18. The first kappa shape index (κ1) is 21.5. The van der Waals surface area contributed by atoms with Gasteiger partial charge in [0.05, 0.1) is 10.5 Å². The number of nitrogens with one attached hydrogen (secondary N) is 2. The lowest BCUT2D eigenvalue weighted by atomic mass is 10.2. The number of carbonyl (C=O) groups is 1. The summed E-state index contributed by atoms with van der Waals surface area (Å²) >= 11 is 0. The number of nitrogens with zero attached hydrogens (tertiary/aromatic N) is 1. The molecule has 1 aromatic carbocycles. The van der Waals surface area contributed by atoms with Crippen LogP contribution in [0.2, 0.25) is 0 Å². The van der Waals surface area contributed by atoms with Gasteiger partial charge >= 0.3 is 12.2 Å². The van der Waals surface area contributed by atoms with Crippen LogP contribution in [0, 0.1) is 0 Å². The Morgan fingerprint density at radius 1 is 1.37 bits per heavy atom. The van der Waals surface area contributed by atoms with Gasteiger partial charge in [-0.1, -0.05) is 19.4 Å². The standard InChI is InChI=1S/C16H22F3N3O4S/c1-2-3-8-20-15(23)21-26-13-7-9-22(11-13)27(24,25)14-6-4-5-12(10-14)16(17,18)19/h4-6,10,13H,2-3,7-9,11H2,1H3,(H2,20,21,23)/t13-/m0/s1. The zero-order chi connectivity index (χ0) is 20.1. The van der Waals surface area contributed by atoms with Crippen LogP contribution < -0.4 is 10.8 Å².